The Kier molecular flexibility index (Phi) is 6.63. The number of nitrogens with one attached hydrogen (secondary N) is 2. The zero-order chi connectivity index (χ0) is 13.4. The normalized spacial score (nSPS) is 20.6. The molecular formula is C12H24N2O3S. The van der Waals surface area contributed by atoms with Gasteiger partial charge >= 0.3 is 0 Å². The summed E-state index contributed by atoms with van der Waals surface area (Å²) in [6.45, 7) is 2.89. The van der Waals surface area contributed by atoms with Crippen LogP contribution in [0.3, 0.4) is 0 Å². The van der Waals surface area contributed by atoms with E-state index in [0.717, 1.165) is 19.4 Å². The number of hydrogen-bond acceptors (Lipinski definition) is 4. The van der Waals surface area contributed by atoms with Gasteiger partial charge in [-0.05, 0) is 25.8 Å². The second-order valence-electron chi connectivity index (χ2n) is 4.77. The average Bonchev–Trinajstić information content (AvgIpc) is 2.37. The average molecular weight is 276 g/mol. The Labute approximate surface area is 110 Å². The van der Waals surface area contributed by atoms with E-state index in [4.69, 9.17) is 0 Å². The van der Waals surface area contributed by atoms with Gasteiger partial charge in [0.1, 0.15) is 0 Å². The van der Waals surface area contributed by atoms with Crippen LogP contribution in [0.15, 0.2) is 0 Å². The van der Waals surface area contributed by atoms with Gasteiger partial charge in [0.15, 0.2) is 9.84 Å². The van der Waals surface area contributed by atoms with Crippen LogP contribution in [0, 0.1) is 0 Å². The SMILES string of the molecule is CCS(=O)(=O)CCNC(=O)CCC1CCCCN1. The summed E-state index contributed by atoms with van der Waals surface area (Å²) in [6.07, 6.45) is 4.90. The molecule has 0 aromatic rings. The minimum absolute atomic E-state index is 0.0386. The summed E-state index contributed by atoms with van der Waals surface area (Å²) in [7, 11) is -2.98. The van der Waals surface area contributed by atoms with Gasteiger partial charge in [-0.3, -0.25) is 4.79 Å². The van der Waals surface area contributed by atoms with E-state index in [0.29, 0.717) is 12.5 Å². The second kappa shape index (κ2) is 7.74. The van der Waals surface area contributed by atoms with Crippen molar-refractivity contribution in [2.75, 3.05) is 24.6 Å². The number of sulfone groups is 1. The Hall–Kier alpha value is -0.620. The lowest BCUT2D eigenvalue weighted by Crippen LogP contribution is -2.36. The largest absolute Gasteiger partial charge is 0.355 e. The number of carbonyl (C=O) groups is 1. The first kappa shape index (κ1) is 15.4. The zero-order valence-corrected chi connectivity index (χ0v) is 11.9. The Bertz CT molecular complexity index is 348. The molecule has 1 aliphatic rings. The maximum atomic E-state index is 11.5. The molecule has 0 aliphatic carbocycles. The molecular weight excluding hydrogens is 252 g/mol. The van der Waals surface area contributed by atoms with E-state index < -0.39 is 9.84 Å². The lowest BCUT2D eigenvalue weighted by Gasteiger charge is -2.23. The van der Waals surface area contributed by atoms with E-state index in [-0.39, 0.29) is 24.0 Å². The van der Waals surface area contributed by atoms with Crippen molar-refractivity contribution in [2.24, 2.45) is 0 Å². The highest BCUT2D eigenvalue weighted by Gasteiger charge is 2.14. The number of hydrogen-bond donors (Lipinski definition) is 2. The lowest BCUT2D eigenvalue weighted by molar-refractivity contribution is -0.121. The summed E-state index contributed by atoms with van der Waals surface area (Å²) < 4.78 is 22.4. The smallest absolute Gasteiger partial charge is 0.220 e. The molecule has 0 saturated carbocycles. The number of rotatable bonds is 7. The molecule has 1 heterocycles. The van der Waals surface area contributed by atoms with Crippen molar-refractivity contribution in [3.8, 4) is 0 Å². The predicted molar refractivity (Wildman–Crippen MR) is 72.2 cm³/mol. The van der Waals surface area contributed by atoms with Crippen molar-refractivity contribution < 1.29 is 13.2 Å². The molecule has 0 bridgehead atoms. The van der Waals surface area contributed by atoms with Gasteiger partial charge < -0.3 is 10.6 Å². The molecule has 0 spiro atoms. The van der Waals surface area contributed by atoms with Gasteiger partial charge in [0.2, 0.25) is 5.91 Å². The molecule has 1 atom stereocenters. The van der Waals surface area contributed by atoms with Crippen molar-refractivity contribution in [3.63, 3.8) is 0 Å². The third-order valence-corrected chi connectivity index (χ3v) is 5.01. The zero-order valence-electron chi connectivity index (χ0n) is 11.1. The molecule has 0 aromatic heterocycles. The summed E-state index contributed by atoms with van der Waals surface area (Å²) in [4.78, 5) is 11.5. The van der Waals surface area contributed by atoms with Crippen molar-refractivity contribution in [2.45, 2.75) is 45.1 Å². The van der Waals surface area contributed by atoms with Crippen molar-refractivity contribution in [3.05, 3.63) is 0 Å². The molecule has 0 aromatic carbocycles. The molecule has 6 heteroatoms. The van der Waals surface area contributed by atoms with Crippen LogP contribution in [-0.2, 0) is 14.6 Å². The van der Waals surface area contributed by atoms with Crippen LogP contribution < -0.4 is 10.6 Å². The first-order valence-corrected chi connectivity index (χ1v) is 8.56. The molecule has 1 amide bonds. The molecule has 1 fully saturated rings. The fourth-order valence-corrected chi connectivity index (χ4v) is 2.76. The highest BCUT2D eigenvalue weighted by atomic mass is 32.2. The van der Waals surface area contributed by atoms with Crippen LogP contribution in [0.25, 0.3) is 0 Å². The van der Waals surface area contributed by atoms with Gasteiger partial charge in [-0.25, -0.2) is 8.42 Å². The van der Waals surface area contributed by atoms with E-state index in [1.54, 1.807) is 6.92 Å². The molecule has 5 nitrogen and oxygen atoms in total. The molecule has 106 valence electrons. The van der Waals surface area contributed by atoms with E-state index in [1.807, 2.05) is 0 Å². The van der Waals surface area contributed by atoms with Gasteiger partial charge in [0.05, 0.1) is 5.75 Å². The Balaban J connectivity index is 2.10. The minimum Gasteiger partial charge on any atom is -0.355 e. The first-order chi connectivity index (χ1) is 8.53. The van der Waals surface area contributed by atoms with Gasteiger partial charge in [-0.2, -0.15) is 0 Å². The lowest BCUT2D eigenvalue weighted by atomic mass is 10.0. The number of piperidine rings is 1. The third kappa shape index (κ3) is 6.35. The van der Waals surface area contributed by atoms with Gasteiger partial charge in [0, 0.05) is 24.8 Å². The molecule has 0 radical (unpaired) electrons. The minimum atomic E-state index is -2.98. The van der Waals surface area contributed by atoms with Crippen molar-refractivity contribution in [1.82, 2.24) is 10.6 Å². The molecule has 1 aliphatic heterocycles. The quantitative estimate of drug-likeness (QED) is 0.708. The van der Waals surface area contributed by atoms with E-state index >= 15 is 0 Å². The number of amides is 1. The van der Waals surface area contributed by atoms with Crippen LogP contribution >= 0.6 is 0 Å². The topological polar surface area (TPSA) is 75.3 Å². The van der Waals surface area contributed by atoms with Crippen LogP contribution in [0.1, 0.15) is 39.0 Å². The third-order valence-electron chi connectivity index (χ3n) is 3.31. The van der Waals surface area contributed by atoms with Crippen LogP contribution in [-0.4, -0.2) is 45.0 Å². The second-order valence-corrected chi connectivity index (χ2v) is 7.24. The maximum absolute atomic E-state index is 11.5. The summed E-state index contributed by atoms with van der Waals surface area (Å²) in [5.41, 5.74) is 0. The highest BCUT2D eigenvalue weighted by molar-refractivity contribution is 7.91. The standard InChI is InChI=1S/C12H24N2O3S/c1-2-18(16,17)10-9-14-12(15)7-6-11-5-3-4-8-13-11/h11,13H,2-10H2,1H3,(H,14,15). The van der Waals surface area contributed by atoms with Crippen molar-refractivity contribution >= 4 is 15.7 Å². The van der Waals surface area contributed by atoms with Crippen LogP contribution in [0.5, 0.6) is 0 Å². The van der Waals surface area contributed by atoms with E-state index in [2.05, 4.69) is 10.6 Å². The molecule has 1 rings (SSSR count). The number of carbonyl (C=O) groups excluding carboxylic acids is 1. The van der Waals surface area contributed by atoms with E-state index in [1.165, 1.54) is 12.8 Å². The Morgan fingerprint density at radius 1 is 1.39 bits per heavy atom. The summed E-state index contributed by atoms with van der Waals surface area (Å²) >= 11 is 0. The summed E-state index contributed by atoms with van der Waals surface area (Å²) in [6, 6.07) is 0.448. The van der Waals surface area contributed by atoms with Gasteiger partial charge in [0.25, 0.3) is 0 Å². The van der Waals surface area contributed by atoms with E-state index in [9.17, 15) is 13.2 Å². The maximum Gasteiger partial charge on any atom is 0.220 e. The molecule has 2 N–H and O–H groups in total. The summed E-state index contributed by atoms with van der Waals surface area (Å²) in [5, 5.41) is 6.05. The molecule has 1 saturated heterocycles. The van der Waals surface area contributed by atoms with Crippen LogP contribution in [0.4, 0.5) is 0 Å². The summed E-state index contributed by atoms with van der Waals surface area (Å²) in [5.74, 6) is 0.125. The fourth-order valence-electron chi connectivity index (χ4n) is 2.05. The van der Waals surface area contributed by atoms with Gasteiger partial charge in [-0.1, -0.05) is 13.3 Å². The molecule has 18 heavy (non-hydrogen) atoms. The van der Waals surface area contributed by atoms with Gasteiger partial charge in [-0.15, -0.1) is 0 Å². The Morgan fingerprint density at radius 3 is 2.78 bits per heavy atom. The molecule has 1 unspecified atom stereocenters. The van der Waals surface area contributed by atoms with Crippen molar-refractivity contribution in [1.29, 1.82) is 0 Å². The highest BCUT2D eigenvalue weighted by Crippen LogP contribution is 2.11. The fraction of sp³-hybridized carbons (Fsp3) is 0.917. The predicted octanol–water partition coefficient (Wildman–Crippen LogP) is 0.460. The first-order valence-electron chi connectivity index (χ1n) is 6.74. The van der Waals surface area contributed by atoms with Crippen LogP contribution in [0.2, 0.25) is 0 Å². The Morgan fingerprint density at radius 2 is 2.17 bits per heavy atom. The monoisotopic (exact) mass is 276 g/mol.